The Morgan fingerprint density at radius 3 is 2.42 bits per heavy atom. The topological polar surface area (TPSA) is 50.8 Å². The van der Waals surface area contributed by atoms with Crippen LogP contribution < -0.4 is 5.32 Å². The number of hydrogen-bond acceptors (Lipinski definition) is 4. The Morgan fingerprint density at radius 1 is 1.21 bits per heavy atom. The van der Waals surface area contributed by atoms with Crippen LogP contribution in [0.4, 0.5) is 4.79 Å². The molecular formula is C14H26N2O3. The molecule has 1 saturated carbocycles. The second-order valence-corrected chi connectivity index (χ2v) is 6.62. The molecule has 1 saturated heterocycles. The number of nitrogens with one attached hydrogen (secondary N) is 1. The maximum atomic E-state index is 11.8. The van der Waals surface area contributed by atoms with E-state index in [1.807, 2.05) is 20.8 Å². The van der Waals surface area contributed by atoms with E-state index in [-0.39, 0.29) is 6.09 Å². The van der Waals surface area contributed by atoms with Gasteiger partial charge < -0.3 is 19.7 Å². The highest BCUT2D eigenvalue weighted by molar-refractivity contribution is 5.69. The van der Waals surface area contributed by atoms with Crippen molar-refractivity contribution in [3.05, 3.63) is 0 Å². The Labute approximate surface area is 115 Å². The highest BCUT2D eigenvalue weighted by atomic mass is 16.6. The summed E-state index contributed by atoms with van der Waals surface area (Å²) in [5.41, 5.74) is -0.410. The average Bonchev–Trinajstić information content (AvgIpc) is 2.67. The van der Waals surface area contributed by atoms with E-state index in [0.717, 1.165) is 25.9 Å². The first-order valence-electron chi connectivity index (χ1n) is 7.14. The van der Waals surface area contributed by atoms with Gasteiger partial charge in [0.05, 0.1) is 6.10 Å². The molecule has 1 amide bonds. The van der Waals surface area contributed by atoms with Crippen molar-refractivity contribution in [2.24, 2.45) is 0 Å². The van der Waals surface area contributed by atoms with Crippen LogP contribution in [0.2, 0.25) is 0 Å². The quantitative estimate of drug-likeness (QED) is 0.849. The van der Waals surface area contributed by atoms with Gasteiger partial charge in [-0.3, -0.25) is 0 Å². The minimum absolute atomic E-state index is 0.202. The molecule has 2 atom stereocenters. The van der Waals surface area contributed by atoms with Crippen LogP contribution >= 0.6 is 0 Å². The number of nitrogens with zero attached hydrogens (tertiary/aromatic N) is 1. The maximum Gasteiger partial charge on any atom is 0.410 e. The fourth-order valence-electron chi connectivity index (χ4n) is 2.70. The second-order valence-electron chi connectivity index (χ2n) is 6.62. The molecule has 0 radical (unpaired) electrons. The molecule has 0 aromatic rings. The van der Waals surface area contributed by atoms with Crippen molar-refractivity contribution in [1.82, 2.24) is 10.2 Å². The summed E-state index contributed by atoms with van der Waals surface area (Å²) in [5.74, 6) is 0. The molecule has 0 aromatic carbocycles. The van der Waals surface area contributed by atoms with E-state index in [0.29, 0.717) is 18.2 Å². The Hall–Kier alpha value is -0.810. The van der Waals surface area contributed by atoms with Crippen molar-refractivity contribution in [1.29, 1.82) is 0 Å². The van der Waals surface area contributed by atoms with E-state index in [2.05, 4.69) is 5.32 Å². The minimum atomic E-state index is -0.410. The summed E-state index contributed by atoms with van der Waals surface area (Å²) in [4.78, 5) is 13.5. The Kier molecular flexibility index (Phi) is 4.36. The largest absolute Gasteiger partial charge is 0.444 e. The average molecular weight is 270 g/mol. The summed E-state index contributed by atoms with van der Waals surface area (Å²) in [7, 11) is 1.78. The van der Waals surface area contributed by atoms with Gasteiger partial charge in [0.2, 0.25) is 0 Å². The van der Waals surface area contributed by atoms with Crippen molar-refractivity contribution < 1.29 is 14.3 Å². The number of likely N-dealkylation sites (tertiary alicyclic amines) is 1. The molecule has 0 aromatic heterocycles. The molecular weight excluding hydrogens is 244 g/mol. The van der Waals surface area contributed by atoms with Gasteiger partial charge in [-0.15, -0.1) is 0 Å². The lowest BCUT2D eigenvalue weighted by Gasteiger charge is -2.41. The van der Waals surface area contributed by atoms with Gasteiger partial charge in [-0.1, -0.05) is 0 Å². The lowest BCUT2D eigenvalue weighted by atomic mass is 10.1. The third kappa shape index (κ3) is 4.08. The van der Waals surface area contributed by atoms with E-state index in [1.54, 1.807) is 12.0 Å². The molecule has 2 aliphatic rings. The summed E-state index contributed by atoms with van der Waals surface area (Å²) in [5, 5.41) is 3.60. The van der Waals surface area contributed by atoms with Gasteiger partial charge in [-0.2, -0.15) is 0 Å². The van der Waals surface area contributed by atoms with Gasteiger partial charge in [-0.05, 0) is 40.0 Å². The number of rotatable bonds is 3. The third-order valence-corrected chi connectivity index (χ3v) is 3.72. The van der Waals surface area contributed by atoms with Crippen LogP contribution in [0.3, 0.4) is 0 Å². The second kappa shape index (κ2) is 5.67. The molecule has 2 rings (SSSR count). The lowest BCUT2D eigenvalue weighted by molar-refractivity contribution is 0.00395. The number of amides is 1. The molecule has 110 valence electrons. The highest BCUT2D eigenvalue weighted by Gasteiger charge is 2.36. The normalized spacial score (nSPS) is 28.3. The molecule has 1 aliphatic carbocycles. The van der Waals surface area contributed by atoms with Crippen LogP contribution in [0, 0.1) is 0 Å². The number of carbonyl (C=O) groups excluding carboxylic acids is 1. The molecule has 19 heavy (non-hydrogen) atoms. The van der Waals surface area contributed by atoms with Gasteiger partial charge in [0.1, 0.15) is 5.60 Å². The van der Waals surface area contributed by atoms with Crippen molar-refractivity contribution in [2.75, 3.05) is 20.2 Å². The van der Waals surface area contributed by atoms with E-state index in [1.165, 1.54) is 6.42 Å². The standard InChI is InChI=1S/C14H26N2O3/c1-14(2,3)19-13(17)16-8-11(9-16)15-10-5-6-12(7-10)18-4/h10-12,15H,5-9H2,1-4H3. The fourth-order valence-corrected chi connectivity index (χ4v) is 2.70. The summed E-state index contributed by atoms with van der Waals surface area (Å²) >= 11 is 0. The molecule has 1 aliphatic heterocycles. The number of hydrogen-bond donors (Lipinski definition) is 1. The summed E-state index contributed by atoms with van der Waals surface area (Å²) in [6.07, 6.45) is 3.59. The predicted molar refractivity (Wildman–Crippen MR) is 73.2 cm³/mol. The molecule has 5 heteroatoms. The van der Waals surface area contributed by atoms with E-state index in [4.69, 9.17) is 9.47 Å². The minimum Gasteiger partial charge on any atom is -0.444 e. The van der Waals surface area contributed by atoms with Gasteiger partial charge in [0.25, 0.3) is 0 Å². The van der Waals surface area contributed by atoms with E-state index < -0.39 is 5.60 Å². The first-order chi connectivity index (χ1) is 8.87. The zero-order valence-corrected chi connectivity index (χ0v) is 12.4. The number of methoxy groups -OCH3 is 1. The molecule has 1 N–H and O–H groups in total. The Morgan fingerprint density at radius 2 is 1.89 bits per heavy atom. The summed E-state index contributed by atoms with van der Waals surface area (Å²) < 4.78 is 10.7. The van der Waals surface area contributed by atoms with Crippen LogP contribution in [0.1, 0.15) is 40.0 Å². The van der Waals surface area contributed by atoms with Crippen molar-refractivity contribution in [2.45, 2.75) is 63.8 Å². The first kappa shape index (κ1) is 14.6. The molecule has 2 fully saturated rings. The van der Waals surface area contributed by atoms with E-state index >= 15 is 0 Å². The van der Waals surface area contributed by atoms with Gasteiger partial charge in [0.15, 0.2) is 0 Å². The first-order valence-corrected chi connectivity index (χ1v) is 7.14. The monoisotopic (exact) mass is 270 g/mol. The van der Waals surface area contributed by atoms with Crippen LogP contribution in [-0.4, -0.2) is 55.0 Å². The highest BCUT2D eigenvalue weighted by Crippen LogP contribution is 2.23. The Bertz CT molecular complexity index is 321. The van der Waals surface area contributed by atoms with Gasteiger partial charge in [0, 0.05) is 32.3 Å². The Balaban J connectivity index is 1.65. The van der Waals surface area contributed by atoms with Crippen LogP contribution in [0.15, 0.2) is 0 Å². The summed E-state index contributed by atoms with van der Waals surface area (Å²) in [6.45, 7) is 7.18. The smallest absolute Gasteiger partial charge is 0.410 e. The maximum absolute atomic E-state index is 11.8. The predicted octanol–water partition coefficient (Wildman–Crippen LogP) is 1.76. The molecule has 0 bridgehead atoms. The zero-order chi connectivity index (χ0) is 14.0. The van der Waals surface area contributed by atoms with Crippen LogP contribution in [0.25, 0.3) is 0 Å². The number of ether oxygens (including phenoxy) is 2. The number of carbonyl (C=O) groups is 1. The third-order valence-electron chi connectivity index (χ3n) is 3.72. The van der Waals surface area contributed by atoms with Gasteiger partial charge >= 0.3 is 6.09 Å². The van der Waals surface area contributed by atoms with Crippen molar-refractivity contribution >= 4 is 6.09 Å². The summed E-state index contributed by atoms with van der Waals surface area (Å²) in [6, 6.07) is 0.948. The van der Waals surface area contributed by atoms with Crippen LogP contribution in [-0.2, 0) is 9.47 Å². The lowest BCUT2D eigenvalue weighted by Crippen LogP contribution is -2.62. The van der Waals surface area contributed by atoms with Crippen molar-refractivity contribution in [3.63, 3.8) is 0 Å². The SMILES string of the molecule is COC1CCC(NC2CN(C(=O)OC(C)(C)C)C2)C1. The van der Waals surface area contributed by atoms with E-state index in [9.17, 15) is 4.79 Å². The van der Waals surface area contributed by atoms with Gasteiger partial charge in [-0.25, -0.2) is 4.79 Å². The van der Waals surface area contributed by atoms with Crippen molar-refractivity contribution in [3.8, 4) is 0 Å². The molecule has 5 nitrogen and oxygen atoms in total. The molecule has 1 heterocycles. The molecule has 0 spiro atoms. The van der Waals surface area contributed by atoms with Crippen LogP contribution in [0.5, 0.6) is 0 Å². The zero-order valence-electron chi connectivity index (χ0n) is 12.4. The molecule has 2 unspecified atom stereocenters. The fraction of sp³-hybridized carbons (Fsp3) is 0.929.